The molecule has 0 spiro atoms. The Morgan fingerprint density at radius 2 is 1.74 bits per heavy atom. The van der Waals surface area contributed by atoms with Crippen molar-refractivity contribution in [3.05, 3.63) is 82.6 Å². The highest BCUT2D eigenvalue weighted by atomic mass is 16.2. The number of carbonyl (C=O) groups is 2. The van der Waals surface area contributed by atoms with Crippen molar-refractivity contribution in [2.75, 3.05) is 0 Å². The van der Waals surface area contributed by atoms with Gasteiger partial charge in [-0.15, -0.1) is 0 Å². The molecule has 176 valence electrons. The van der Waals surface area contributed by atoms with E-state index in [1.165, 1.54) is 22.3 Å². The van der Waals surface area contributed by atoms with Crippen LogP contribution in [0.4, 0.5) is 0 Å². The van der Waals surface area contributed by atoms with Crippen LogP contribution in [0.1, 0.15) is 67.2 Å². The van der Waals surface area contributed by atoms with Gasteiger partial charge in [-0.1, -0.05) is 55.5 Å². The molecule has 0 radical (unpaired) electrons. The van der Waals surface area contributed by atoms with Crippen LogP contribution >= 0.6 is 0 Å². The van der Waals surface area contributed by atoms with E-state index in [0.29, 0.717) is 43.3 Å². The molecule has 2 fully saturated rings. The minimum absolute atomic E-state index is 0.0468. The zero-order valence-corrected chi connectivity index (χ0v) is 19.9. The topological polar surface area (TPSA) is 57.6 Å². The summed E-state index contributed by atoms with van der Waals surface area (Å²) in [6, 6.07) is 17.0. The van der Waals surface area contributed by atoms with Crippen molar-refractivity contribution in [2.45, 2.75) is 64.5 Å². The van der Waals surface area contributed by atoms with Gasteiger partial charge in [-0.05, 0) is 78.0 Å². The summed E-state index contributed by atoms with van der Waals surface area (Å²) in [6.07, 6.45) is 6.14. The number of nitrogens with zero attached hydrogens (tertiary/aromatic N) is 1. The predicted molar refractivity (Wildman–Crippen MR) is 131 cm³/mol. The van der Waals surface area contributed by atoms with Gasteiger partial charge in [0, 0.05) is 30.5 Å². The van der Waals surface area contributed by atoms with E-state index in [2.05, 4.69) is 43.3 Å². The second-order valence-corrected chi connectivity index (χ2v) is 11.1. The van der Waals surface area contributed by atoms with E-state index in [0.717, 1.165) is 31.9 Å². The van der Waals surface area contributed by atoms with Gasteiger partial charge in [-0.3, -0.25) is 9.59 Å². The highest BCUT2D eigenvalue weighted by molar-refractivity contribution is 6.03. The third kappa shape index (κ3) is 3.18. The van der Waals surface area contributed by atoms with Crippen LogP contribution in [0.5, 0.6) is 0 Å². The molecular formula is C30H33NO3. The third-order valence-corrected chi connectivity index (χ3v) is 9.51. The fourth-order valence-electron chi connectivity index (χ4n) is 7.91. The largest absolute Gasteiger partial charge is 0.515 e. The smallest absolute Gasteiger partial charge is 0.223 e. The van der Waals surface area contributed by atoms with E-state index in [1.54, 1.807) is 0 Å². The second kappa shape index (κ2) is 8.11. The van der Waals surface area contributed by atoms with Gasteiger partial charge in [0.1, 0.15) is 0 Å². The molecule has 1 aliphatic heterocycles. The molecule has 1 N–H and O–H groups in total. The number of carbonyl (C=O) groups excluding carboxylic acids is 2. The molecule has 3 aliphatic carbocycles. The molecule has 0 bridgehead atoms. The predicted octanol–water partition coefficient (Wildman–Crippen LogP) is 5.71. The van der Waals surface area contributed by atoms with E-state index in [9.17, 15) is 14.7 Å². The first-order chi connectivity index (χ1) is 16.5. The van der Waals surface area contributed by atoms with Gasteiger partial charge in [0.15, 0.2) is 5.78 Å². The molecule has 4 nitrogen and oxygen atoms in total. The maximum Gasteiger partial charge on any atom is 0.223 e. The Labute approximate surface area is 201 Å². The quantitative estimate of drug-likeness (QED) is 0.476. The number of fused-ring (bicyclic) bond motifs is 6. The number of aliphatic hydroxyl groups excluding tert-OH is 1. The van der Waals surface area contributed by atoms with Gasteiger partial charge in [-0.2, -0.15) is 0 Å². The summed E-state index contributed by atoms with van der Waals surface area (Å²) in [5.41, 5.74) is 5.50. The Hall–Kier alpha value is -2.88. The lowest BCUT2D eigenvalue weighted by molar-refractivity contribution is -0.132. The van der Waals surface area contributed by atoms with Gasteiger partial charge in [0.05, 0.1) is 6.26 Å². The lowest BCUT2D eigenvalue weighted by Crippen LogP contribution is -2.44. The Morgan fingerprint density at radius 1 is 1.06 bits per heavy atom. The SMILES string of the molecule is C[C@]12CCC3c4ccccc4CCC3C1[C@H](CCC(=O)N1Cc3ccccc3C1)/C(=C/O)C2=O. The summed E-state index contributed by atoms with van der Waals surface area (Å²) in [6.45, 7) is 3.47. The van der Waals surface area contributed by atoms with Gasteiger partial charge >= 0.3 is 0 Å². The molecule has 3 unspecified atom stereocenters. The molecule has 1 heterocycles. The van der Waals surface area contributed by atoms with E-state index >= 15 is 0 Å². The number of aliphatic hydroxyl groups is 1. The van der Waals surface area contributed by atoms with Crippen LogP contribution in [-0.2, 0) is 29.1 Å². The summed E-state index contributed by atoms with van der Waals surface area (Å²) in [4.78, 5) is 28.7. The molecule has 5 atom stereocenters. The normalized spacial score (nSPS) is 32.8. The zero-order valence-electron chi connectivity index (χ0n) is 19.9. The van der Waals surface area contributed by atoms with Crippen molar-refractivity contribution in [1.82, 2.24) is 4.90 Å². The molecule has 34 heavy (non-hydrogen) atoms. The highest BCUT2D eigenvalue weighted by Crippen LogP contribution is 2.63. The number of hydrogen-bond donors (Lipinski definition) is 1. The monoisotopic (exact) mass is 455 g/mol. The summed E-state index contributed by atoms with van der Waals surface area (Å²) in [5.74, 6) is 1.30. The minimum Gasteiger partial charge on any atom is -0.515 e. The summed E-state index contributed by atoms with van der Waals surface area (Å²) >= 11 is 0. The lowest BCUT2D eigenvalue weighted by Gasteiger charge is -2.49. The van der Waals surface area contributed by atoms with Crippen molar-refractivity contribution >= 4 is 11.7 Å². The van der Waals surface area contributed by atoms with Crippen molar-refractivity contribution < 1.29 is 14.7 Å². The number of Topliss-reactive ketones (excluding diaryl/α,β-unsaturated/α-hetero) is 1. The summed E-state index contributed by atoms with van der Waals surface area (Å²) in [7, 11) is 0. The number of benzene rings is 2. The van der Waals surface area contributed by atoms with Crippen molar-refractivity contribution in [3.8, 4) is 0 Å². The standard InChI is InChI=1S/C30H33NO3/c1-30-15-14-23-22-9-5-4-6-19(22)10-11-24(23)28(30)25(26(18-32)29(30)34)12-13-27(33)31-16-20-7-2-3-8-21(20)17-31/h2-9,18,23-25,28,32H,10-17H2,1H3/b26-18-/t23?,24?,25-,28?,30+/m1/s1. The van der Waals surface area contributed by atoms with E-state index in [-0.39, 0.29) is 23.5 Å². The van der Waals surface area contributed by atoms with Gasteiger partial charge in [0.25, 0.3) is 0 Å². The molecule has 6 rings (SSSR count). The first kappa shape index (κ1) is 21.6. The summed E-state index contributed by atoms with van der Waals surface area (Å²) in [5, 5.41) is 10.1. The lowest BCUT2D eigenvalue weighted by atomic mass is 9.54. The number of ketones is 1. The Bertz CT molecular complexity index is 1160. The Kier molecular flexibility index (Phi) is 5.16. The molecule has 4 aliphatic rings. The first-order valence-corrected chi connectivity index (χ1v) is 12.8. The van der Waals surface area contributed by atoms with Crippen LogP contribution < -0.4 is 0 Å². The first-order valence-electron chi connectivity index (χ1n) is 12.8. The number of allylic oxidation sites excluding steroid dienone is 1. The highest BCUT2D eigenvalue weighted by Gasteiger charge is 2.60. The maximum absolute atomic E-state index is 13.5. The van der Waals surface area contributed by atoms with Crippen LogP contribution in [0.15, 0.2) is 60.4 Å². The number of rotatable bonds is 3. The van der Waals surface area contributed by atoms with E-state index in [1.807, 2.05) is 17.0 Å². The molecule has 1 amide bonds. The fourth-order valence-corrected chi connectivity index (χ4v) is 7.91. The van der Waals surface area contributed by atoms with E-state index in [4.69, 9.17) is 0 Å². The molecule has 2 saturated carbocycles. The van der Waals surface area contributed by atoms with Crippen LogP contribution in [-0.4, -0.2) is 21.7 Å². The third-order valence-electron chi connectivity index (χ3n) is 9.51. The number of aryl methyl sites for hydroxylation is 1. The molecule has 2 aromatic rings. The van der Waals surface area contributed by atoms with Crippen LogP contribution in [0, 0.1) is 23.2 Å². The second-order valence-electron chi connectivity index (χ2n) is 11.1. The van der Waals surface area contributed by atoms with Gasteiger partial charge in [-0.25, -0.2) is 0 Å². The van der Waals surface area contributed by atoms with Crippen molar-refractivity contribution in [1.29, 1.82) is 0 Å². The fraction of sp³-hybridized carbons (Fsp3) is 0.467. The molecule has 2 aromatic carbocycles. The maximum atomic E-state index is 13.5. The van der Waals surface area contributed by atoms with Gasteiger partial charge in [0.2, 0.25) is 5.91 Å². The van der Waals surface area contributed by atoms with E-state index < -0.39 is 5.41 Å². The van der Waals surface area contributed by atoms with Crippen LogP contribution in [0.25, 0.3) is 0 Å². The summed E-state index contributed by atoms with van der Waals surface area (Å²) < 4.78 is 0. The molecular weight excluding hydrogens is 422 g/mol. The molecule has 0 aromatic heterocycles. The number of hydrogen-bond acceptors (Lipinski definition) is 3. The van der Waals surface area contributed by atoms with Crippen molar-refractivity contribution in [2.24, 2.45) is 23.2 Å². The zero-order chi connectivity index (χ0) is 23.4. The van der Waals surface area contributed by atoms with Gasteiger partial charge < -0.3 is 10.0 Å². The average molecular weight is 456 g/mol. The van der Waals surface area contributed by atoms with Crippen LogP contribution in [0.2, 0.25) is 0 Å². The van der Waals surface area contributed by atoms with Crippen LogP contribution in [0.3, 0.4) is 0 Å². The minimum atomic E-state index is -0.431. The number of amides is 1. The Morgan fingerprint density at radius 3 is 2.44 bits per heavy atom. The average Bonchev–Trinajstić information content (AvgIpc) is 3.39. The Balaban J connectivity index is 1.25. The molecule has 4 heteroatoms. The molecule has 0 saturated heterocycles. The van der Waals surface area contributed by atoms with Crippen molar-refractivity contribution in [3.63, 3.8) is 0 Å².